The molecule has 1 atom stereocenters. The standard InChI is InChI=1S/C16H23ClN2O2/c1-11-9-12(5-6-13(11)17)14-10-18-7-8-19(14)15(20)21-16(2,3)4/h5-6,9,14,18H,7-8,10H2,1-4H3. The van der Waals surface area contributed by atoms with Gasteiger partial charge in [-0.1, -0.05) is 23.7 Å². The Morgan fingerprint density at radius 1 is 1.43 bits per heavy atom. The summed E-state index contributed by atoms with van der Waals surface area (Å²) >= 11 is 6.08. The van der Waals surface area contributed by atoms with Crippen LogP contribution in [0.4, 0.5) is 4.79 Å². The molecule has 0 aliphatic carbocycles. The summed E-state index contributed by atoms with van der Waals surface area (Å²) in [5, 5.41) is 4.07. The number of aryl methyl sites for hydroxylation is 1. The zero-order chi connectivity index (χ0) is 15.6. The molecule has 1 aliphatic rings. The van der Waals surface area contributed by atoms with E-state index < -0.39 is 5.60 Å². The first kappa shape index (κ1) is 16.1. The molecule has 0 bridgehead atoms. The van der Waals surface area contributed by atoms with Gasteiger partial charge in [-0.2, -0.15) is 0 Å². The van der Waals surface area contributed by atoms with Crippen LogP contribution in [0.5, 0.6) is 0 Å². The van der Waals surface area contributed by atoms with E-state index in [2.05, 4.69) is 5.32 Å². The number of hydrogen-bond donors (Lipinski definition) is 1. The van der Waals surface area contributed by atoms with Crippen molar-refractivity contribution in [1.29, 1.82) is 0 Å². The third kappa shape index (κ3) is 4.11. The van der Waals surface area contributed by atoms with Crippen LogP contribution in [0.25, 0.3) is 0 Å². The average molecular weight is 311 g/mol. The summed E-state index contributed by atoms with van der Waals surface area (Å²) in [5.74, 6) is 0. The van der Waals surface area contributed by atoms with E-state index in [0.29, 0.717) is 6.54 Å². The predicted molar refractivity (Wildman–Crippen MR) is 84.7 cm³/mol. The van der Waals surface area contributed by atoms with Crippen LogP contribution in [0, 0.1) is 6.92 Å². The normalized spacial score (nSPS) is 19.5. The second-order valence-electron chi connectivity index (χ2n) is 6.40. The summed E-state index contributed by atoms with van der Waals surface area (Å²) < 4.78 is 5.52. The van der Waals surface area contributed by atoms with Crippen molar-refractivity contribution < 1.29 is 9.53 Å². The minimum Gasteiger partial charge on any atom is -0.444 e. The molecule has 1 amide bonds. The fourth-order valence-electron chi connectivity index (χ4n) is 2.42. The largest absolute Gasteiger partial charge is 0.444 e. The molecule has 4 nitrogen and oxygen atoms in total. The van der Waals surface area contributed by atoms with Crippen molar-refractivity contribution in [2.75, 3.05) is 19.6 Å². The molecular formula is C16H23ClN2O2. The lowest BCUT2D eigenvalue weighted by Gasteiger charge is -2.37. The van der Waals surface area contributed by atoms with Gasteiger partial charge in [-0.25, -0.2) is 4.79 Å². The Morgan fingerprint density at radius 3 is 2.76 bits per heavy atom. The van der Waals surface area contributed by atoms with Gasteiger partial charge in [0.2, 0.25) is 0 Å². The van der Waals surface area contributed by atoms with E-state index in [-0.39, 0.29) is 12.1 Å². The summed E-state index contributed by atoms with van der Waals surface area (Å²) in [7, 11) is 0. The number of benzene rings is 1. The van der Waals surface area contributed by atoms with Crippen molar-refractivity contribution in [1.82, 2.24) is 10.2 Å². The Labute approximate surface area is 131 Å². The van der Waals surface area contributed by atoms with E-state index >= 15 is 0 Å². The van der Waals surface area contributed by atoms with E-state index in [1.807, 2.05) is 45.9 Å². The van der Waals surface area contributed by atoms with Crippen LogP contribution in [0.2, 0.25) is 5.02 Å². The van der Waals surface area contributed by atoms with Gasteiger partial charge in [-0.3, -0.25) is 4.90 Å². The Bertz CT molecular complexity index is 525. The Kier molecular flexibility index (Phi) is 4.79. The molecule has 2 rings (SSSR count). The lowest BCUT2D eigenvalue weighted by atomic mass is 10.0. The highest BCUT2D eigenvalue weighted by molar-refractivity contribution is 6.31. The topological polar surface area (TPSA) is 41.6 Å². The summed E-state index contributed by atoms with van der Waals surface area (Å²) in [6, 6.07) is 5.88. The molecule has 21 heavy (non-hydrogen) atoms. The van der Waals surface area contributed by atoms with Crippen LogP contribution < -0.4 is 5.32 Å². The van der Waals surface area contributed by atoms with E-state index in [1.165, 1.54) is 0 Å². The highest BCUT2D eigenvalue weighted by Crippen LogP contribution is 2.27. The lowest BCUT2D eigenvalue weighted by molar-refractivity contribution is 0.0118. The SMILES string of the molecule is Cc1cc(C2CNCCN2C(=O)OC(C)(C)C)ccc1Cl. The van der Waals surface area contributed by atoms with E-state index in [9.17, 15) is 4.79 Å². The van der Waals surface area contributed by atoms with Crippen molar-refractivity contribution in [3.8, 4) is 0 Å². The maximum absolute atomic E-state index is 12.4. The molecule has 0 saturated carbocycles. The number of carbonyl (C=O) groups is 1. The molecule has 5 heteroatoms. The third-order valence-corrected chi connectivity index (χ3v) is 3.86. The number of rotatable bonds is 1. The second-order valence-corrected chi connectivity index (χ2v) is 6.81. The molecule has 1 heterocycles. The predicted octanol–water partition coefficient (Wildman–Crippen LogP) is 3.53. The van der Waals surface area contributed by atoms with Crippen molar-refractivity contribution in [3.05, 3.63) is 34.3 Å². The van der Waals surface area contributed by atoms with Gasteiger partial charge in [0, 0.05) is 24.7 Å². The first-order chi connectivity index (χ1) is 9.78. The summed E-state index contributed by atoms with van der Waals surface area (Å²) in [6.45, 7) is 9.77. The van der Waals surface area contributed by atoms with Crippen LogP contribution in [-0.2, 0) is 4.74 Å². The number of halogens is 1. The average Bonchev–Trinajstić information content (AvgIpc) is 2.40. The highest BCUT2D eigenvalue weighted by atomic mass is 35.5. The number of piperazine rings is 1. The Hall–Kier alpha value is -1.26. The molecule has 1 N–H and O–H groups in total. The van der Waals surface area contributed by atoms with Crippen molar-refractivity contribution >= 4 is 17.7 Å². The van der Waals surface area contributed by atoms with Gasteiger partial charge in [0.05, 0.1) is 6.04 Å². The zero-order valence-corrected chi connectivity index (χ0v) is 13.8. The molecule has 1 fully saturated rings. The molecular weight excluding hydrogens is 288 g/mol. The first-order valence-electron chi connectivity index (χ1n) is 7.24. The molecule has 1 unspecified atom stereocenters. The molecule has 0 radical (unpaired) electrons. The van der Waals surface area contributed by atoms with Crippen molar-refractivity contribution in [2.45, 2.75) is 39.3 Å². The van der Waals surface area contributed by atoms with Crippen molar-refractivity contribution in [2.24, 2.45) is 0 Å². The number of nitrogens with one attached hydrogen (secondary N) is 1. The lowest BCUT2D eigenvalue weighted by Crippen LogP contribution is -2.50. The molecule has 0 spiro atoms. The molecule has 116 valence electrons. The number of ether oxygens (including phenoxy) is 1. The maximum Gasteiger partial charge on any atom is 0.410 e. The van der Waals surface area contributed by atoms with Gasteiger partial charge in [-0.05, 0) is 44.9 Å². The fourth-order valence-corrected chi connectivity index (χ4v) is 2.53. The molecule has 0 aromatic heterocycles. The second kappa shape index (κ2) is 6.24. The molecule has 1 saturated heterocycles. The van der Waals surface area contributed by atoms with Gasteiger partial charge in [0.15, 0.2) is 0 Å². The molecule has 1 aromatic rings. The first-order valence-corrected chi connectivity index (χ1v) is 7.62. The maximum atomic E-state index is 12.4. The fraction of sp³-hybridized carbons (Fsp3) is 0.562. The zero-order valence-electron chi connectivity index (χ0n) is 13.1. The van der Waals surface area contributed by atoms with Gasteiger partial charge < -0.3 is 10.1 Å². The molecule has 1 aromatic carbocycles. The van der Waals surface area contributed by atoms with Gasteiger partial charge >= 0.3 is 6.09 Å². The summed E-state index contributed by atoms with van der Waals surface area (Å²) in [6.07, 6.45) is -0.262. The van der Waals surface area contributed by atoms with Crippen LogP contribution in [0.3, 0.4) is 0 Å². The van der Waals surface area contributed by atoms with E-state index in [1.54, 1.807) is 4.90 Å². The molecule has 1 aliphatic heterocycles. The summed E-state index contributed by atoms with van der Waals surface area (Å²) in [5.41, 5.74) is 1.61. The van der Waals surface area contributed by atoms with Crippen LogP contribution in [0.15, 0.2) is 18.2 Å². The Morgan fingerprint density at radius 2 is 2.14 bits per heavy atom. The smallest absolute Gasteiger partial charge is 0.410 e. The van der Waals surface area contributed by atoms with E-state index in [4.69, 9.17) is 16.3 Å². The minimum atomic E-state index is -0.484. The number of carbonyl (C=O) groups excluding carboxylic acids is 1. The number of amides is 1. The van der Waals surface area contributed by atoms with Gasteiger partial charge in [0.1, 0.15) is 5.60 Å². The highest BCUT2D eigenvalue weighted by Gasteiger charge is 2.31. The number of nitrogens with zero attached hydrogens (tertiary/aromatic N) is 1. The monoisotopic (exact) mass is 310 g/mol. The van der Waals surface area contributed by atoms with Crippen LogP contribution in [0.1, 0.15) is 37.9 Å². The third-order valence-electron chi connectivity index (χ3n) is 3.44. The quantitative estimate of drug-likeness (QED) is 0.863. The minimum absolute atomic E-state index is 0.0235. The van der Waals surface area contributed by atoms with Gasteiger partial charge in [-0.15, -0.1) is 0 Å². The van der Waals surface area contributed by atoms with E-state index in [0.717, 1.165) is 29.2 Å². The number of hydrogen-bond acceptors (Lipinski definition) is 3. The van der Waals surface area contributed by atoms with Crippen LogP contribution in [-0.4, -0.2) is 36.2 Å². The van der Waals surface area contributed by atoms with Crippen molar-refractivity contribution in [3.63, 3.8) is 0 Å². The summed E-state index contributed by atoms with van der Waals surface area (Å²) in [4.78, 5) is 14.2. The van der Waals surface area contributed by atoms with Gasteiger partial charge in [0.25, 0.3) is 0 Å². The Balaban J connectivity index is 2.22. The van der Waals surface area contributed by atoms with Crippen LogP contribution >= 0.6 is 11.6 Å².